The number of anilines is 2. The molecule has 2 amide bonds. The largest absolute Gasteiger partial charge is 0.478 e. The summed E-state index contributed by atoms with van der Waals surface area (Å²) in [6.45, 7) is 0. The van der Waals surface area contributed by atoms with Crippen LogP contribution in [0, 0.1) is 5.82 Å². The maximum Gasteiger partial charge on any atom is 0.335 e. The highest BCUT2D eigenvalue weighted by atomic mass is 32.2. The molecule has 0 bridgehead atoms. The molecule has 0 unspecified atom stereocenters. The minimum Gasteiger partial charge on any atom is -0.478 e. The molecule has 1 heterocycles. The lowest BCUT2D eigenvalue weighted by Crippen LogP contribution is -2.31. The Morgan fingerprint density at radius 1 is 1.03 bits per heavy atom. The summed E-state index contributed by atoms with van der Waals surface area (Å²) in [7, 11) is 0. The minimum atomic E-state index is -1.10. The number of carbonyl (C=O) groups excluding carboxylic acids is 2. The zero-order chi connectivity index (χ0) is 24.1. The van der Waals surface area contributed by atoms with Crippen LogP contribution < -0.4 is 10.2 Å². The van der Waals surface area contributed by atoms with E-state index in [1.807, 2.05) is 6.07 Å². The van der Waals surface area contributed by atoms with Crippen molar-refractivity contribution >= 4 is 52.2 Å². The molecule has 0 saturated heterocycles. The maximum atomic E-state index is 14.1. The number of aromatic carboxylic acids is 1. The molecule has 7 nitrogen and oxygen atoms in total. The van der Waals surface area contributed by atoms with E-state index in [2.05, 4.69) is 10.3 Å². The predicted molar refractivity (Wildman–Crippen MR) is 130 cm³/mol. The van der Waals surface area contributed by atoms with Gasteiger partial charge >= 0.3 is 5.97 Å². The van der Waals surface area contributed by atoms with Gasteiger partial charge in [-0.15, -0.1) is 0 Å². The Labute approximate surface area is 198 Å². The second kappa shape index (κ2) is 10.1. The van der Waals surface area contributed by atoms with Crippen LogP contribution in [-0.4, -0.2) is 33.8 Å². The number of carboxylic acids is 1. The molecule has 1 aliphatic heterocycles. The number of hydrogen-bond donors (Lipinski definition) is 2. The van der Waals surface area contributed by atoms with Gasteiger partial charge in [0.15, 0.2) is 5.17 Å². The highest BCUT2D eigenvalue weighted by molar-refractivity contribution is 8.14. The van der Waals surface area contributed by atoms with Crippen LogP contribution in [0.3, 0.4) is 0 Å². The summed E-state index contributed by atoms with van der Waals surface area (Å²) in [5, 5.41) is 12.0. The van der Waals surface area contributed by atoms with Crippen LogP contribution in [-0.2, 0) is 9.59 Å². The first-order valence-corrected chi connectivity index (χ1v) is 11.1. The van der Waals surface area contributed by atoms with E-state index in [4.69, 9.17) is 5.11 Å². The van der Waals surface area contributed by atoms with Crippen molar-refractivity contribution in [3.05, 3.63) is 102 Å². The maximum absolute atomic E-state index is 14.1. The summed E-state index contributed by atoms with van der Waals surface area (Å²) in [6.07, 6.45) is 1.37. The molecule has 3 aromatic rings. The van der Waals surface area contributed by atoms with Gasteiger partial charge in [-0.1, -0.05) is 54.2 Å². The van der Waals surface area contributed by atoms with Crippen LogP contribution in [0.5, 0.6) is 0 Å². The fourth-order valence-corrected chi connectivity index (χ4v) is 4.01. The molecular weight excluding hydrogens is 457 g/mol. The van der Waals surface area contributed by atoms with E-state index in [-0.39, 0.29) is 27.7 Å². The first-order chi connectivity index (χ1) is 16.4. The lowest BCUT2D eigenvalue weighted by molar-refractivity contribution is -0.114. The number of rotatable bonds is 6. The fourth-order valence-electron chi connectivity index (χ4n) is 3.19. The van der Waals surface area contributed by atoms with Crippen LogP contribution in [0.2, 0.25) is 0 Å². The molecule has 0 radical (unpaired) electrons. The first-order valence-electron chi connectivity index (χ1n) is 10.1. The molecule has 0 fully saturated rings. The van der Waals surface area contributed by atoms with Crippen molar-refractivity contribution in [2.75, 3.05) is 16.0 Å². The van der Waals surface area contributed by atoms with Crippen LogP contribution in [0.1, 0.15) is 15.9 Å². The van der Waals surface area contributed by atoms with Crippen LogP contribution in [0.15, 0.2) is 89.6 Å². The van der Waals surface area contributed by atoms with Gasteiger partial charge in [-0.3, -0.25) is 14.5 Å². The predicted octanol–water partition coefficient (Wildman–Crippen LogP) is 4.64. The van der Waals surface area contributed by atoms with E-state index in [0.717, 1.165) is 11.8 Å². The molecule has 0 saturated carbocycles. The molecule has 0 atom stereocenters. The van der Waals surface area contributed by atoms with Crippen molar-refractivity contribution in [1.29, 1.82) is 0 Å². The third-order valence-electron chi connectivity index (χ3n) is 4.77. The Morgan fingerprint density at radius 2 is 1.76 bits per heavy atom. The fraction of sp³-hybridized carbons (Fsp3) is 0.0400. The molecule has 34 heavy (non-hydrogen) atoms. The minimum absolute atomic E-state index is 0.0472. The smallest absolute Gasteiger partial charge is 0.335 e. The van der Waals surface area contributed by atoms with Crippen molar-refractivity contribution in [3.8, 4) is 0 Å². The Hall–Kier alpha value is -4.24. The molecule has 0 spiro atoms. The number of nitrogens with zero attached hydrogens (tertiary/aromatic N) is 2. The second-order valence-corrected chi connectivity index (χ2v) is 8.09. The highest BCUT2D eigenvalue weighted by Gasteiger charge is 2.32. The van der Waals surface area contributed by atoms with Gasteiger partial charge in [0, 0.05) is 11.3 Å². The molecular formula is C25H18FN3O4S. The number of thioether (sulfide) groups is 1. The number of benzene rings is 3. The van der Waals surface area contributed by atoms with Crippen molar-refractivity contribution in [1.82, 2.24) is 0 Å². The van der Waals surface area contributed by atoms with Gasteiger partial charge in [0.2, 0.25) is 5.91 Å². The van der Waals surface area contributed by atoms with E-state index in [9.17, 15) is 18.8 Å². The van der Waals surface area contributed by atoms with Crippen molar-refractivity contribution in [2.24, 2.45) is 4.99 Å². The number of amides is 2. The number of amidine groups is 1. The van der Waals surface area contributed by atoms with Gasteiger partial charge in [0.25, 0.3) is 5.91 Å². The quantitative estimate of drug-likeness (QED) is 0.506. The van der Waals surface area contributed by atoms with E-state index in [1.54, 1.807) is 48.5 Å². The van der Waals surface area contributed by atoms with Crippen molar-refractivity contribution < 1.29 is 23.9 Å². The Bertz CT molecular complexity index is 1320. The average Bonchev–Trinajstić information content (AvgIpc) is 3.14. The summed E-state index contributed by atoms with van der Waals surface area (Å²) < 4.78 is 14.1. The zero-order valence-corrected chi connectivity index (χ0v) is 18.5. The topological polar surface area (TPSA) is 99.1 Å². The normalized spacial score (nSPS) is 14.3. The van der Waals surface area contributed by atoms with Crippen molar-refractivity contribution in [2.45, 2.75) is 0 Å². The zero-order valence-electron chi connectivity index (χ0n) is 17.6. The average molecular weight is 476 g/mol. The SMILES string of the molecule is O=C(CSC1=N/C(=C/c2ccccc2F)C(=O)N1c1ccccc1)Nc1cccc(C(=O)O)c1. The van der Waals surface area contributed by atoms with E-state index in [1.165, 1.54) is 35.2 Å². The molecule has 9 heteroatoms. The lowest BCUT2D eigenvalue weighted by atomic mass is 10.1. The molecule has 0 aliphatic carbocycles. The van der Waals surface area contributed by atoms with Gasteiger partial charge in [0.1, 0.15) is 11.5 Å². The number of aliphatic imine (C=N–C) groups is 1. The molecule has 2 N–H and O–H groups in total. The van der Waals surface area contributed by atoms with Crippen LogP contribution in [0.25, 0.3) is 6.08 Å². The van der Waals surface area contributed by atoms with E-state index in [0.29, 0.717) is 11.4 Å². The molecule has 3 aromatic carbocycles. The summed E-state index contributed by atoms with van der Waals surface area (Å²) >= 11 is 1.04. The van der Waals surface area contributed by atoms with Crippen LogP contribution in [0.4, 0.5) is 15.8 Å². The molecule has 170 valence electrons. The van der Waals surface area contributed by atoms with Crippen LogP contribution >= 0.6 is 11.8 Å². The number of nitrogens with one attached hydrogen (secondary N) is 1. The van der Waals surface area contributed by atoms with E-state index >= 15 is 0 Å². The van der Waals surface area contributed by atoms with Gasteiger partial charge < -0.3 is 10.4 Å². The van der Waals surface area contributed by atoms with Crippen molar-refractivity contribution in [3.63, 3.8) is 0 Å². The number of para-hydroxylation sites is 1. The third kappa shape index (κ3) is 5.21. The Balaban J connectivity index is 1.55. The summed E-state index contributed by atoms with van der Waals surface area (Å²) in [6, 6.07) is 20.8. The number of carbonyl (C=O) groups is 3. The highest BCUT2D eigenvalue weighted by Crippen LogP contribution is 2.29. The van der Waals surface area contributed by atoms with Gasteiger partial charge in [0.05, 0.1) is 17.0 Å². The monoisotopic (exact) mass is 475 g/mol. The molecule has 1 aliphatic rings. The summed E-state index contributed by atoms with van der Waals surface area (Å²) in [5.41, 5.74) is 1.23. The standard InChI is InChI=1S/C25H18FN3O4S/c26-20-12-5-4-7-16(20)14-21-23(31)29(19-10-2-1-3-11-19)25(28-21)34-15-22(30)27-18-9-6-8-17(13-18)24(32)33/h1-14H,15H2,(H,27,30)(H,32,33)/b21-14+. The first kappa shape index (κ1) is 22.9. The van der Waals surface area contributed by atoms with Gasteiger partial charge in [-0.2, -0.15) is 0 Å². The molecule has 4 rings (SSSR count). The second-order valence-electron chi connectivity index (χ2n) is 7.14. The number of carboxylic acid groups (broad SMARTS) is 1. The Kier molecular flexibility index (Phi) is 6.84. The Morgan fingerprint density at radius 3 is 2.50 bits per heavy atom. The molecule has 0 aromatic heterocycles. The summed E-state index contributed by atoms with van der Waals surface area (Å²) in [4.78, 5) is 42.5. The van der Waals surface area contributed by atoms with Gasteiger partial charge in [-0.25, -0.2) is 14.2 Å². The number of halogens is 1. The van der Waals surface area contributed by atoms with E-state index < -0.39 is 23.6 Å². The summed E-state index contributed by atoms with van der Waals surface area (Å²) in [5.74, 6) is -2.50. The third-order valence-corrected chi connectivity index (χ3v) is 5.71. The lowest BCUT2D eigenvalue weighted by Gasteiger charge is -2.17. The van der Waals surface area contributed by atoms with Gasteiger partial charge in [-0.05, 0) is 42.5 Å². The number of hydrogen-bond acceptors (Lipinski definition) is 5.